The Bertz CT molecular complexity index is 185. The largest absolute Gasteiger partial charge is 0.440 e. The fourth-order valence-electron chi connectivity index (χ4n) is 1.96. The minimum Gasteiger partial charge on any atom is -0.440 e. The number of rotatable bonds is 2. The van der Waals surface area contributed by atoms with E-state index < -0.39 is 17.8 Å². The predicted octanol–water partition coefficient (Wildman–Crippen LogP) is 1.17. The van der Waals surface area contributed by atoms with Gasteiger partial charge < -0.3 is 15.6 Å². The van der Waals surface area contributed by atoms with E-state index in [0.29, 0.717) is 12.8 Å². The molecule has 3 N–H and O–H groups in total. The maximum absolute atomic E-state index is 10.7. The van der Waals surface area contributed by atoms with E-state index in [4.69, 9.17) is 10.5 Å². The Labute approximate surface area is 78.1 Å². The molecule has 0 aromatic carbocycles. The van der Waals surface area contributed by atoms with Crippen molar-refractivity contribution >= 4 is 6.09 Å². The number of aliphatic hydroxyl groups excluding tert-OH is 1. The number of primary amides is 1. The number of nitrogens with two attached hydrogens (primary N) is 1. The van der Waals surface area contributed by atoms with Crippen LogP contribution in [-0.2, 0) is 4.74 Å². The van der Waals surface area contributed by atoms with Crippen LogP contribution in [0.15, 0.2) is 0 Å². The molecule has 0 bridgehead atoms. The Kier molecular flexibility index (Phi) is 3.14. The van der Waals surface area contributed by atoms with E-state index in [2.05, 4.69) is 0 Å². The molecule has 0 aromatic heterocycles. The van der Waals surface area contributed by atoms with Crippen LogP contribution in [0.3, 0.4) is 0 Å². The third-order valence-electron chi connectivity index (χ3n) is 2.77. The molecular weight excluding hydrogens is 170 g/mol. The molecule has 1 unspecified atom stereocenters. The number of aliphatic hydroxyl groups is 1. The van der Waals surface area contributed by atoms with Gasteiger partial charge in [0, 0.05) is 0 Å². The van der Waals surface area contributed by atoms with Gasteiger partial charge in [-0.05, 0) is 32.6 Å². The lowest BCUT2D eigenvalue weighted by molar-refractivity contribution is -0.0922. The topological polar surface area (TPSA) is 72.6 Å². The fourth-order valence-corrected chi connectivity index (χ4v) is 1.96. The lowest BCUT2D eigenvalue weighted by Gasteiger charge is -2.38. The molecule has 0 aromatic rings. The first-order chi connectivity index (χ1) is 6.07. The molecular formula is C9H17NO3. The minimum absolute atomic E-state index is 0.639. The Balaban J connectivity index is 2.67. The van der Waals surface area contributed by atoms with Crippen LogP contribution in [0.5, 0.6) is 0 Å². The quantitative estimate of drug-likeness (QED) is 0.681. The van der Waals surface area contributed by atoms with E-state index in [1.54, 1.807) is 6.92 Å². The van der Waals surface area contributed by atoms with Crippen LogP contribution >= 0.6 is 0 Å². The average molecular weight is 187 g/mol. The molecule has 1 atom stereocenters. The summed E-state index contributed by atoms with van der Waals surface area (Å²) in [5, 5.41) is 9.54. The van der Waals surface area contributed by atoms with Gasteiger partial charge in [-0.25, -0.2) is 4.79 Å². The van der Waals surface area contributed by atoms with Gasteiger partial charge >= 0.3 is 6.09 Å². The Morgan fingerprint density at radius 1 is 1.46 bits per heavy atom. The van der Waals surface area contributed by atoms with Crippen molar-refractivity contribution in [1.29, 1.82) is 0 Å². The second-order valence-electron chi connectivity index (χ2n) is 3.72. The van der Waals surface area contributed by atoms with Crippen LogP contribution in [0, 0.1) is 0 Å². The highest BCUT2D eigenvalue weighted by atomic mass is 16.6. The van der Waals surface area contributed by atoms with Crippen molar-refractivity contribution in [3.05, 3.63) is 0 Å². The number of hydrogen-bond acceptors (Lipinski definition) is 3. The summed E-state index contributed by atoms with van der Waals surface area (Å²) in [6.45, 7) is 1.65. The lowest BCUT2D eigenvalue weighted by atomic mass is 9.81. The highest BCUT2D eigenvalue weighted by molar-refractivity contribution is 5.65. The van der Waals surface area contributed by atoms with Crippen LogP contribution in [0.2, 0.25) is 0 Å². The third kappa shape index (κ3) is 2.34. The van der Waals surface area contributed by atoms with E-state index in [1.165, 1.54) is 0 Å². The number of carbonyl (C=O) groups excluding carboxylic acids is 1. The smallest absolute Gasteiger partial charge is 0.405 e. The van der Waals surface area contributed by atoms with Gasteiger partial charge in [-0.15, -0.1) is 0 Å². The normalized spacial score (nSPS) is 23.5. The van der Waals surface area contributed by atoms with Crippen LogP contribution in [0.25, 0.3) is 0 Å². The standard InChI is InChI=1S/C9H17NO3/c1-7(11)9(13-8(10)12)5-3-2-4-6-9/h7,11H,2-6H2,1H3,(H2,10,12). The summed E-state index contributed by atoms with van der Waals surface area (Å²) in [4.78, 5) is 10.7. The Morgan fingerprint density at radius 3 is 2.38 bits per heavy atom. The molecule has 4 nitrogen and oxygen atoms in total. The molecule has 0 heterocycles. The van der Waals surface area contributed by atoms with E-state index in [9.17, 15) is 9.90 Å². The Morgan fingerprint density at radius 2 is 2.00 bits per heavy atom. The number of ether oxygens (including phenoxy) is 1. The maximum atomic E-state index is 10.7. The van der Waals surface area contributed by atoms with Crippen molar-refractivity contribution in [2.24, 2.45) is 5.73 Å². The summed E-state index contributed by atoms with van der Waals surface area (Å²) in [7, 11) is 0. The molecule has 76 valence electrons. The second-order valence-corrected chi connectivity index (χ2v) is 3.72. The van der Waals surface area contributed by atoms with Gasteiger partial charge in [0.05, 0.1) is 6.10 Å². The number of carbonyl (C=O) groups is 1. The molecule has 1 amide bonds. The van der Waals surface area contributed by atoms with Crippen LogP contribution < -0.4 is 5.73 Å². The van der Waals surface area contributed by atoms with Gasteiger partial charge in [0.15, 0.2) is 0 Å². The molecule has 0 aliphatic heterocycles. The SMILES string of the molecule is CC(O)C1(OC(N)=O)CCCCC1. The predicted molar refractivity (Wildman–Crippen MR) is 48.2 cm³/mol. The van der Waals surface area contributed by atoms with Crippen molar-refractivity contribution in [2.75, 3.05) is 0 Å². The first kappa shape index (κ1) is 10.3. The van der Waals surface area contributed by atoms with Crippen molar-refractivity contribution in [1.82, 2.24) is 0 Å². The molecule has 4 heteroatoms. The van der Waals surface area contributed by atoms with Gasteiger partial charge in [0.25, 0.3) is 0 Å². The summed E-state index contributed by atoms with van der Waals surface area (Å²) >= 11 is 0. The monoisotopic (exact) mass is 187 g/mol. The fraction of sp³-hybridized carbons (Fsp3) is 0.889. The van der Waals surface area contributed by atoms with Crippen LogP contribution in [0.4, 0.5) is 4.79 Å². The number of amides is 1. The summed E-state index contributed by atoms with van der Waals surface area (Å²) in [6.07, 6.45) is 3.11. The molecule has 1 fully saturated rings. The molecule has 1 aliphatic rings. The Hall–Kier alpha value is -0.770. The van der Waals surface area contributed by atoms with Crippen LogP contribution in [0.1, 0.15) is 39.0 Å². The van der Waals surface area contributed by atoms with Crippen molar-refractivity contribution in [3.8, 4) is 0 Å². The molecule has 1 rings (SSSR count). The van der Waals surface area contributed by atoms with Crippen molar-refractivity contribution in [3.63, 3.8) is 0 Å². The van der Waals surface area contributed by atoms with Gasteiger partial charge in [-0.3, -0.25) is 0 Å². The lowest BCUT2D eigenvalue weighted by Crippen LogP contribution is -2.47. The summed E-state index contributed by atoms with van der Waals surface area (Å²) in [5.74, 6) is 0. The van der Waals surface area contributed by atoms with Crippen molar-refractivity contribution in [2.45, 2.75) is 50.7 Å². The summed E-state index contributed by atoms with van der Waals surface area (Å²) < 4.78 is 5.03. The zero-order chi connectivity index (χ0) is 9.90. The average Bonchev–Trinajstić information content (AvgIpc) is 2.04. The van der Waals surface area contributed by atoms with Gasteiger partial charge in [0.2, 0.25) is 0 Å². The molecule has 13 heavy (non-hydrogen) atoms. The molecule has 0 spiro atoms. The molecule has 0 radical (unpaired) electrons. The van der Waals surface area contributed by atoms with Gasteiger partial charge in [-0.2, -0.15) is 0 Å². The number of hydrogen-bond donors (Lipinski definition) is 2. The van der Waals surface area contributed by atoms with E-state index >= 15 is 0 Å². The highest BCUT2D eigenvalue weighted by Crippen LogP contribution is 2.34. The zero-order valence-electron chi connectivity index (χ0n) is 7.95. The maximum Gasteiger partial charge on any atom is 0.405 e. The molecule has 0 saturated heterocycles. The zero-order valence-corrected chi connectivity index (χ0v) is 7.95. The van der Waals surface area contributed by atoms with Crippen molar-refractivity contribution < 1.29 is 14.6 Å². The van der Waals surface area contributed by atoms with Crippen LogP contribution in [-0.4, -0.2) is 22.9 Å². The van der Waals surface area contributed by atoms with Gasteiger partial charge in [-0.1, -0.05) is 6.42 Å². The first-order valence-electron chi connectivity index (χ1n) is 4.73. The molecule has 1 saturated carbocycles. The van der Waals surface area contributed by atoms with E-state index in [1.807, 2.05) is 0 Å². The first-order valence-corrected chi connectivity index (χ1v) is 4.73. The molecule has 1 aliphatic carbocycles. The van der Waals surface area contributed by atoms with E-state index in [-0.39, 0.29) is 0 Å². The van der Waals surface area contributed by atoms with E-state index in [0.717, 1.165) is 19.3 Å². The minimum atomic E-state index is -0.789. The highest BCUT2D eigenvalue weighted by Gasteiger charge is 2.39. The summed E-state index contributed by atoms with van der Waals surface area (Å²) in [6, 6.07) is 0. The third-order valence-corrected chi connectivity index (χ3v) is 2.77. The van der Waals surface area contributed by atoms with Gasteiger partial charge in [0.1, 0.15) is 5.60 Å². The summed E-state index contributed by atoms with van der Waals surface area (Å²) in [5.41, 5.74) is 4.26. The second kappa shape index (κ2) is 3.96.